The average Bonchev–Trinajstić information content (AvgIpc) is 3.01. The van der Waals surface area contributed by atoms with Crippen LogP contribution in [0, 0.1) is 6.92 Å². The number of benzene rings is 3. The first-order chi connectivity index (χ1) is 12.8. The highest BCUT2D eigenvalue weighted by atomic mass is 16.5. The first kappa shape index (κ1) is 16.4. The van der Waals surface area contributed by atoms with Gasteiger partial charge in [-0.25, -0.2) is 4.98 Å². The van der Waals surface area contributed by atoms with E-state index in [0.717, 1.165) is 35.6 Å². The number of fused-ring (bicyclic) bond motifs is 1. The topological polar surface area (TPSA) is 27.1 Å². The number of nitrogens with zero attached hydrogens (tertiary/aromatic N) is 2. The molecular formula is C23H22N2O. The summed E-state index contributed by atoms with van der Waals surface area (Å²) in [5, 5.41) is 0. The van der Waals surface area contributed by atoms with Crippen LogP contribution in [0.3, 0.4) is 0 Å². The molecule has 130 valence electrons. The molecule has 3 aromatic carbocycles. The molecule has 1 aromatic heterocycles. The number of rotatable bonds is 6. The smallest absolute Gasteiger partial charge is 0.119 e. The highest BCUT2D eigenvalue weighted by Crippen LogP contribution is 2.19. The summed E-state index contributed by atoms with van der Waals surface area (Å²) in [4.78, 5) is 4.85. The lowest BCUT2D eigenvalue weighted by Gasteiger charge is -2.11. The summed E-state index contributed by atoms with van der Waals surface area (Å²) in [5.41, 5.74) is 4.70. The molecule has 0 saturated carbocycles. The molecule has 0 amide bonds. The van der Waals surface area contributed by atoms with Crippen LogP contribution in [-0.4, -0.2) is 16.2 Å². The molecule has 0 radical (unpaired) electrons. The van der Waals surface area contributed by atoms with Crippen LogP contribution in [0.2, 0.25) is 0 Å². The molecule has 0 unspecified atom stereocenters. The van der Waals surface area contributed by atoms with Gasteiger partial charge >= 0.3 is 0 Å². The van der Waals surface area contributed by atoms with Crippen LogP contribution in [0.1, 0.15) is 17.0 Å². The molecule has 1 heterocycles. The second-order valence-corrected chi connectivity index (χ2v) is 6.49. The fraction of sp³-hybridized carbons (Fsp3) is 0.174. The molecule has 4 rings (SSSR count). The van der Waals surface area contributed by atoms with E-state index in [0.29, 0.717) is 6.61 Å². The molecule has 0 atom stereocenters. The van der Waals surface area contributed by atoms with Crippen molar-refractivity contribution >= 4 is 11.0 Å². The van der Waals surface area contributed by atoms with Gasteiger partial charge in [0.2, 0.25) is 0 Å². The quantitative estimate of drug-likeness (QED) is 0.492. The number of imidazole rings is 1. The molecule has 0 aliphatic heterocycles. The van der Waals surface area contributed by atoms with Crippen LogP contribution in [0.25, 0.3) is 11.0 Å². The van der Waals surface area contributed by atoms with Crippen molar-refractivity contribution < 1.29 is 4.74 Å². The van der Waals surface area contributed by atoms with Crippen LogP contribution >= 0.6 is 0 Å². The maximum Gasteiger partial charge on any atom is 0.119 e. The van der Waals surface area contributed by atoms with Crippen LogP contribution in [0.4, 0.5) is 0 Å². The van der Waals surface area contributed by atoms with E-state index in [1.54, 1.807) is 0 Å². The molecule has 3 nitrogen and oxygen atoms in total. The van der Waals surface area contributed by atoms with Crippen molar-refractivity contribution in [3.63, 3.8) is 0 Å². The van der Waals surface area contributed by atoms with Crippen LogP contribution in [0.5, 0.6) is 5.75 Å². The lowest BCUT2D eigenvalue weighted by molar-refractivity contribution is 0.298. The lowest BCUT2D eigenvalue weighted by atomic mass is 10.1. The Hall–Kier alpha value is -3.07. The first-order valence-electron chi connectivity index (χ1n) is 8.97. The minimum absolute atomic E-state index is 0.616. The number of ether oxygens (including phenoxy) is 1. The molecule has 0 fully saturated rings. The normalized spacial score (nSPS) is 11.0. The zero-order valence-corrected chi connectivity index (χ0v) is 14.9. The van der Waals surface area contributed by atoms with E-state index in [1.165, 1.54) is 11.1 Å². The van der Waals surface area contributed by atoms with Gasteiger partial charge in [-0.05, 0) is 36.8 Å². The van der Waals surface area contributed by atoms with E-state index >= 15 is 0 Å². The SMILES string of the molecule is Cc1ccc(OCCn2c(Cc3ccccc3)nc3ccccc32)cc1. The number of hydrogen-bond acceptors (Lipinski definition) is 2. The molecule has 0 spiro atoms. The van der Waals surface area contributed by atoms with E-state index in [9.17, 15) is 0 Å². The summed E-state index contributed by atoms with van der Waals surface area (Å²) < 4.78 is 8.21. The summed E-state index contributed by atoms with van der Waals surface area (Å²) in [6.45, 7) is 3.47. The van der Waals surface area contributed by atoms with Crippen molar-refractivity contribution in [3.8, 4) is 5.75 Å². The summed E-state index contributed by atoms with van der Waals surface area (Å²) in [7, 11) is 0. The molecule has 0 saturated heterocycles. The number of aryl methyl sites for hydroxylation is 1. The molecular weight excluding hydrogens is 320 g/mol. The third-order valence-electron chi connectivity index (χ3n) is 4.54. The minimum atomic E-state index is 0.616. The van der Waals surface area contributed by atoms with E-state index in [4.69, 9.17) is 9.72 Å². The van der Waals surface area contributed by atoms with Crippen molar-refractivity contribution in [3.05, 3.63) is 95.8 Å². The number of aromatic nitrogens is 2. The third-order valence-corrected chi connectivity index (χ3v) is 4.54. The highest BCUT2D eigenvalue weighted by molar-refractivity contribution is 5.76. The van der Waals surface area contributed by atoms with E-state index in [2.05, 4.69) is 66.1 Å². The maximum absolute atomic E-state index is 5.94. The summed E-state index contributed by atoms with van der Waals surface area (Å²) in [6.07, 6.45) is 0.819. The Morgan fingerprint density at radius 2 is 1.58 bits per heavy atom. The van der Waals surface area contributed by atoms with Gasteiger partial charge in [0.05, 0.1) is 17.6 Å². The van der Waals surface area contributed by atoms with Crippen LogP contribution in [0.15, 0.2) is 78.9 Å². The Kier molecular flexibility index (Phi) is 4.69. The Bertz CT molecular complexity index is 988. The van der Waals surface area contributed by atoms with Crippen molar-refractivity contribution in [2.24, 2.45) is 0 Å². The second kappa shape index (κ2) is 7.44. The molecule has 3 heteroatoms. The fourth-order valence-electron chi connectivity index (χ4n) is 3.18. The molecule has 0 N–H and O–H groups in total. The predicted octanol–water partition coefficient (Wildman–Crippen LogP) is 5.01. The Labute approximate surface area is 153 Å². The van der Waals surface area contributed by atoms with Crippen molar-refractivity contribution in [2.45, 2.75) is 19.9 Å². The molecule has 0 bridgehead atoms. The van der Waals surface area contributed by atoms with Crippen molar-refractivity contribution in [1.29, 1.82) is 0 Å². The Morgan fingerprint density at radius 1 is 0.846 bits per heavy atom. The Morgan fingerprint density at radius 3 is 2.38 bits per heavy atom. The molecule has 26 heavy (non-hydrogen) atoms. The first-order valence-corrected chi connectivity index (χ1v) is 8.97. The molecule has 0 aliphatic carbocycles. The average molecular weight is 342 g/mol. The van der Waals surface area contributed by atoms with Crippen molar-refractivity contribution in [2.75, 3.05) is 6.61 Å². The standard InChI is InChI=1S/C23H22N2O/c1-18-11-13-20(14-12-18)26-16-15-25-22-10-6-5-9-21(22)24-23(25)17-19-7-3-2-4-8-19/h2-14H,15-17H2,1H3. The largest absolute Gasteiger partial charge is 0.492 e. The van der Waals surface area contributed by atoms with Gasteiger partial charge in [0.1, 0.15) is 18.2 Å². The third kappa shape index (κ3) is 3.62. The van der Waals surface area contributed by atoms with Gasteiger partial charge in [0.25, 0.3) is 0 Å². The van der Waals surface area contributed by atoms with Gasteiger partial charge < -0.3 is 9.30 Å². The van der Waals surface area contributed by atoms with E-state index in [-0.39, 0.29) is 0 Å². The number of hydrogen-bond donors (Lipinski definition) is 0. The Balaban J connectivity index is 1.56. The second-order valence-electron chi connectivity index (χ2n) is 6.49. The van der Waals surface area contributed by atoms with Crippen LogP contribution in [-0.2, 0) is 13.0 Å². The van der Waals surface area contributed by atoms with E-state index in [1.807, 2.05) is 24.3 Å². The van der Waals surface area contributed by atoms with Crippen molar-refractivity contribution in [1.82, 2.24) is 9.55 Å². The monoisotopic (exact) mass is 342 g/mol. The minimum Gasteiger partial charge on any atom is -0.492 e. The maximum atomic E-state index is 5.94. The fourth-order valence-corrected chi connectivity index (χ4v) is 3.18. The van der Waals surface area contributed by atoms with Gasteiger partial charge in [-0.2, -0.15) is 0 Å². The summed E-state index contributed by atoms with van der Waals surface area (Å²) in [6, 6.07) is 27.0. The molecule has 4 aromatic rings. The molecule has 0 aliphatic rings. The number of para-hydroxylation sites is 2. The zero-order valence-electron chi connectivity index (χ0n) is 14.9. The van der Waals surface area contributed by atoms with Gasteiger partial charge in [-0.3, -0.25) is 0 Å². The summed E-state index contributed by atoms with van der Waals surface area (Å²) in [5.74, 6) is 1.98. The van der Waals surface area contributed by atoms with Gasteiger partial charge in [-0.1, -0.05) is 60.2 Å². The van der Waals surface area contributed by atoms with Crippen LogP contribution < -0.4 is 4.74 Å². The van der Waals surface area contributed by atoms with Gasteiger partial charge in [-0.15, -0.1) is 0 Å². The van der Waals surface area contributed by atoms with E-state index < -0.39 is 0 Å². The van der Waals surface area contributed by atoms with Gasteiger partial charge in [0, 0.05) is 6.42 Å². The van der Waals surface area contributed by atoms with Gasteiger partial charge in [0.15, 0.2) is 0 Å². The zero-order chi connectivity index (χ0) is 17.8. The lowest BCUT2D eigenvalue weighted by Crippen LogP contribution is -2.11. The predicted molar refractivity (Wildman–Crippen MR) is 106 cm³/mol. The summed E-state index contributed by atoms with van der Waals surface area (Å²) >= 11 is 0. The highest BCUT2D eigenvalue weighted by Gasteiger charge is 2.11.